The molecule has 2 aromatic carbocycles. The van der Waals surface area contributed by atoms with Crippen LogP contribution in [0.25, 0.3) is 0 Å². The van der Waals surface area contributed by atoms with E-state index in [1.165, 1.54) is 4.90 Å². The Hall–Kier alpha value is -2.58. The van der Waals surface area contributed by atoms with Crippen molar-refractivity contribution in [3.05, 3.63) is 64.7 Å². The van der Waals surface area contributed by atoms with Crippen LogP contribution in [0.3, 0.4) is 0 Å². The summed E-state index contributed by atoms with van der Waals surface area (Å²) in [4.78, 5) is 27.2. The summed E-state index contributed by atoms with van der Waals surface area (Å²) in [5.74, 6) is -0.815. The third-order valence-electron chi connectivity index (χ3n) is 4.73. The SMILES string of the molecule is CCNC(=O)[C@H](C)N(Cc1cccc(Cl)c1)C(=O)CN(c1cccc(C)c1)S(C)(=O)=O. The maximum absolute atomic E-state index is 13.3. The van der Waals surface area contributed by atoms with Crippen molar-refractivity contribution in [2.45, 2.75) is 33.4 Å². The topological polar surface area (TPSA) is 86.8 Å². The van der Waals surface area contributed by atoms with Crippen LogP contribution in [0, 0.1) is 6.92 Å². The largest absolute Gasteiger partial charge is 0.355 e. The highest BCUT2D eigenvalue weighted by Gasteiger charge is 2.29. The van der Waals surface area contributed by atoms with Gasteiger partial charge < -0.3 is 10.2 Å². The molecule has 2 amide bonds. The molecule has 0 aliphatic carbocycles. The lowest BCUT2D eigenvalue weighted by Crippen LogP contribution is -2.51. The van der Waals surface area contributed by atoms with Crippen molar-refractivity contribution in [3.63, 3.8) is 0 Å². The van der Waals surface area contributed by atoms with Gasteiger partial charge in [0.15, 0.2) is 0 Å². The van der Waals surface area contributed by atoms with E-state index in [0.29, 0.717) is 17.3 Å². The van der Waals surface area contributed by atoms with Gasteiger partial charge in [-0.1, -0.05) is 35.9 Å². The Balaban J connectivity index is 2.38. The van der Waals surface area contributed by atoms with E-state index in [9.17, 15) is 18.0 Å². The van der Waals surface area contributed by atoms with Gasteiger partial charge in [-0.05, 0) is 56.2 Å². The van der Waals surface area contributed by atoms with E-state index >= 15 is 0 Å². The van der Waals surface area contributed by atoms with Gasteiger partial charge in [0, 0.05) is 18.1 Å². The quantitative estimate of drug-likeness (QED) is 0.616. The number of halogens is 1. The fraction of sp³-hybridized carbons (Fsp3) is 0.364. The van der Waals surface area contributed by atoms with E-state index in [4.69, 9.17) is 11.6 Å². The normalized spacial score (nSPS) is 12.2. The summed E-state index contributed by atoms with van der Waals surface area (Å²) in [6, 6.07) is 13.1. The van der Waals surface area contributed by atoms with Crippen molar-refractivity contribution in [1.29, 1.82) is 0 Å². The number of carbonyl (C=O) groups excluding carboxylic acids is 2. The minimum absolute atomic E-state index is 0.114. The smallest absolute Gasteiger partial charge is 0.244 e. The third kappa shape index (κ3) is 6.97. The molecule has 0 bridgehead atoms. The molecule has 0 heterocycles. The average Bonchev–Trinajstić information content (AvgIpc) is 2.69. The number of nitrogens with zero attached hydrogens (tertiary/aromatic N) is 2. The van der Waals surface area contributed by atoms with Gasteiger partial charge in [-0.15, -0.1) is 0 Å². The molecule has 0 aliphatic heterocycles. The van der Waals surface area contributed by atoms with Crippen molar-refractivity contribution >= 4 is 39.1 Å². The summed E-state index contributed by atoms with van der Waals surface area (Å²) in [6.45, 7) is 5.35. The highest BCUT2D eigenvalue weighted by molar-refractivity contribution is 7.92. The van der Waals surface area contributed by atoms with Crippen LogP contribution in [-0.4, -0.2) is 50.5 Å². The maximum Gasteiger partial charge on any atom is 0.244 e. The molecule has 9 heteroatoms. The van der Waals surface area contributed by atoms with Crippen molar-refractivity contribution in [1.82, 2.24) is 10.2 Å². The number of carbonyl (C=O) groups is 2. The molecule has 2 rings (SSSR count). The summed E-state index contributed by atoms with van der Waals surface area (Å²) in [6.07, 6.45) is 1.05. The lowest BCUT2D eigenvalue weighted by Gasteiger charge is -2.31. The van der Waals surface area contributed by atoms with Crippen LogP contribution in [0.2, 0.25) is 5.02 Å². The first-order valence-electron chi connectivity index (χ1n) is 9.89. The summed E-state index contributed by atoms with van der Waals surface area (Å²) >= 11 is 6.07. The maximum atomic E-state index is 13.3. The molecule has 0 unspecified atom stereocenters. The number of hydrogen-bond acceptors (Lipinski definition) is 4. The van der Waals surface area contributed by atoms with Crippen LogP contribution in [0.15, 0.2) is 48.5 Å². The van der Waals surface area contributed by atoms with E-state index in [1.807, 2.05) is 13.0 Å². The van der Waals surface area contributed by atoms with E-state index in [0.717, 1.165) is 21.7 Å². The fourth-order valence-electron chi connectivity index (χ4n) is 3.13. The van der Waals surface area contributed by atoms with Gasteiger partial charge in [0.05, 0.1) is 11.9 Å². The molecule has 7 nitrogen and oxygen atoms in total. The zero-order chi connectivity index (χ0) is 23.2. The standard InChI is InChI=1S/C22H28ClN3O4S/c1-5-24-22(28)17(3)25(14-18-9-7-10-19(23)13-18)21(27)15-26(31(4,29)30)20-11-6-8-16(2)12-20/h6-13,17H,5,14-15H2,1-4H3,(H,24,28)/t17-/m0/s1. The van der Waals surface area contributed by atoms with Gasteiger partial charge in [0.25, 0.3) is 0 Å². The molecular weight excluding hydrogens is 438 g/mol. The Bertz CT molecular complexity index is 1040. The number of hydrogen-bond donors (Lipinski definition) is 1. The van der Waals surface area contributed by atoms with E-state index < -0.39 is 28.5 Å². The molecule has 0 saturated carbocycles. The highest BCUT2D eigenvalue weighted by atomic mass is 35.5. The molecule has 0 saturated heterocycles. The molecule has 2 aromatic rings. The van der Waals surface area contributed by atoms with Gasteiger partial charge in [0.1, 0.15) is 12.6 Å². The van der Waals surface area contributed by atoms with Gasteiger partial charge in [0.2, 0.25) is 21.8 Å². The van der Waals surface area contributed by atoms with Crippen molar-refractivity contribution in [3.8, 4) is 0 Å². The Morgan fingerprint density at radius 1 is 1.13 bits per heavy atom. The summed E-state index contributed by atoms with van der Waals surface area (Å²) in [5, 5.41) is 3.22. The van der Waals surface area contributed by atoms with Gasteiger partial charge in [-0.2, -0.15) is 0 Å². The predicted octanol–water partition coefficient (Wildman–Crippen LogP) is 2.97. The second-order valence-electron chi connectivity index (χ2n) is 7.33. The number of sulfonamides is 1. The second-order valence-corrected chi connectivity index (χ2v) is 9.67. The first-order valence-corrected chi connectivity index (χ1v) is 12.1. The number of nitrogens with one attached hydrogen (secondary N) is 1. The van der Waals surface area contributed by atoms with Gasteiger partial charge >= 0.3 is 0 Å². The van der Waals surface area contributed by atoms with Crippen molar-refractivity contribution in [2.75, 3.05) is 23.7 Å². The van der Waals surface area contributed by atoms with Crippen LogP contribution in [0.1, 0.15) is 25.0 Å². The molecule has 0 spiro atoms. The average molecular weight is 466 g/mol. The zero-order valence-corrected chi connectivity index (χ0v) is 19.7. The summed E-state index contributed by atoms with van der Waals surface area (Å²) in [5.41, 5.74) is 1.99. The zero-order valence-electron chi connectivity index (χ0n) is 18.1. The molecule has 1 N–H and O–H groups in total. The first-order chi connectivity index (χ1) is 14.5. The number of likely N-dealkylation sites (N-methyl/N-ethyl adjacent to an activating group) is 1. The van der Waals surface area contributed by atoms with Gasteiger partial charge in [-0.3, -0.25) is 13.9 Å². The number of anilines is 1. The molecule has 1 atom stereocenters. The van der Waals surface area contributed by atoms with E-state index in [2.05, 4.69) is 5.32 Å². The van der Waals surface area contributed by atoms with Crippen molar-refractivity contribution < 1.29 is 18.0 Å². The molecule has 31 heavy (non-hydrogen) atoms. The molecule has 0 aromatic heterocycles. The second kappa shape index (κ2) is 10.6. The Labute approximate surface area is 189 Å². The van der Waals surface area contributed by atoms with Gasteiger partial charge in [-0.25, -0.2) is 8.42 Å². The van der Waals surface area contributed by atoms with Crippen LogP contribution in [0.5, 0.6) is 0 Å². The minimum Gasteiger partial charge on any atom is -0.355 e. The monoisotopic (exact) mass is 465 g/mol. The number of amides is 2. The highest BCUT2D eigenvalue weighted by Crippen LogP contribution is 2.20. The van der Waals surface area contributed by atoms with Crippen molar-refractivity contribution in [2.24, 2.45) is 0 Å². The molecule has 0 radical (unpaired) electrons. The summed E-state index contributed by atoms with van der Waals surface area (Å²) < 4.78 is 26.0. The molecular formula is C22H28ClN3O4S. The van der Waals surface area contributed by atoms with E-state index in [-0.39, 0.29) is 12.5 Å². The third-order valence-corrected chi connectivity index (χ3v) is 6.10. The summed E-state index contributed by atoms with van der Waals surface area (Å²) in [7, 11) is -3.73. The molecule has 0 aliphatic rings. The fourth-order valence-corrected chi connectivity index (χ4v) is 4.19. The van der Waals surface area contributed by atoms with Crippen LogP contribution < -0.4 is 9.62 Å². The number of benzene rings is 2. The lowest BCUT2D eigenvalue weighted by molar-refractivity contribution is -0.139. The minimum atomic E-state index is -3.73. The number of aryl methyl sites for hydroxylation is 1. The van der Waals surface area contributed by atoms with Crippen LogP contribution in [0.4, 0.5) is 5.69 Å². The predicted molar refractivity (Wildman–Crippen MR) is 124 cm³/mol. The number of rotatable bonds is 9. The molecule has 168 valence electrons. The van der Waals surface area contributed by atoms with Crippen LogP contribution in [-0.2, 0) is 26.2 Å². The Kier molecular flexibility index (Phi) is 8.47. The lowest BCUT2D eigenvalue weighted by atomic mass is 10.1. The van der Waals surface area contributed by atoms with Crippen LogP contribution >= 0.6 is 11.6 Å². The Morgan fingerprint density at radius 2 is 1.81 bits per heavy atom. The first kappa shape index (κ1) is 24.7. The van der Waals surface area contributed by atoms with E-state index in [1.54, 1.807) is 56.3 Å². The molecule has 0 fully saturated rings. The Morgan fingerprint density at radius 3 is 2.39 bits per heavy atom.